The van der Waals surface area contributed by atoms with Crippen LogP contribution in [0.4, 0.5) is 0 Å². The molecular weight excluding hydrogens is 454 g/mol. The summed E-state index contributed by atoms with van der Waals surface area (Å²) in [5.41, 5.74) is 0.212. The molecule has 2 aromatic rings. The Balaban J connectivity index is 1.49. The summed E-state index contributed by atoms with van der Waals surface area (Å²) in [5.74, 6) is 1.03. The van der Waals surface area contributed by atoms with Crippen LogP contribution in [-0.4, -0.2) is 55.2 Å². The standard InChI is InChI=1S/C28H35N5OS/c1-23(2)28(22-31,27-6-3-19-35-27)12-4-14-32-16-11-25(21-32)33(15-5-13-29)17-18-34-26-9-7-24(20-30)8-10-26/h3,6-10,19,23,25H,4-5,11-12,14-18,21H2,1-2H3. The third kappa shape index (κ3) is 7.06. The highest BCUT2D eigenvalue weighted by Crippen LogP contribution is 2.39. The van der Waals surface area contributed by atoms with Gasteiger partial charge in [0.15, 0.2) is 0 Å². The fraction of sp³-hybridized carbons (Fsp3) is 0.536. The second-order valence-corrected chi connectivity index (χ2v) is 10.4. The number of ether oxygens (including phenoxy) is 1. The van der Waals surface area contributed by atoms with Crippen molar-refractivity contribution in [2.24, 2.45) is 5.92 Å². The van der Waals surface area contributed by atoms with Gasteiger partial charge < -0.3 is 9.64 Å². The molecule has 2 unspecified atom stereocenters. The predicted octanol–water partition coefficient (Wildman–Crippen LogP) is 5.19. The number of likely N-dealkylation sites (tertiary alicyclic amines) is 1. The average Bonchev–Trinajstić information content (AvgIpc) is 3.57. The summed E-state index contributed by atoms with van der Waals surface area (Å²) in [5, 5.41) is 30.2. The first-order valence-electron chi connectivity index (χ1n) is 12.4. The molecule has 184 valence electrons. The van der Waals surface area contributed by atoms with E-state index in [-0.39, 0.29) is 5.92 Å². The molecule has 0 N–H and O–H groups in total. The van der Waals surface area contributed by atoms with E-state index in [9.17, 15) is 5.26 Å². The summed E-state index contributed by atoms with van der Waals surface area (Å²) in [6.07, 6.45) is 3.46. The van der Waals surface area contributed by atoms with E-state index in [0.717, 1.165) is 57.7 Å². The molecule has 0 amide bonds. The molecule has 1 aromatic carbocycles. The average molecular weight is 490 g/mol. The van der Waals surface area contributed by atoms with Crippen molar-refractivity contribution in [2.75, 3.05) is 39.3 Å². The fourth-order valence-corrected chi connectivity index (χ4v) is 6.00. The molecule has 35 heavy (non-hydrogen) atoms. The van der Waals surface area contributed by atoms with Crippen LogP contribution in [0.3, 0.4) is 0 Å². The summed E-state index contributed by atoms with van der Waals surface area (Å²) in [6, 6.07) is 18.8. The van der Waals surface area contributed by atoms with Gasteiger partial charge in [-0.2, -0.15) is 15.8 Å². The molecule has 3 rings (SSSR count). The number of hydrogen-bond donors (Lipinski definition) is 0. The van der Waals surface area contributed by atoms with E-state index in [0.29, 0.717) is 24.6 Å². The second-order valence-electron chi connectivity index (χ2n) is 9.49. The molecule has 7 heteroatoms. The van der Waals surface area contributed by atoms with Crippen LogP contribution < -0.4 is 4.74 Å². The zero-order chi connectivity index (χ0) is 25.1. The van der Waals surface area contributed by atoms with Crippen molar-refractivity contribution < 1.29 is 4.74 Å². The summed E-state index contributed by atoms with van der Waals surface area (Å²) in [7, 11) is 0. The Labute approximate surface area is 214 Å². The van der Waals surface area contributed by atoms with Crippen LogP contribution in [0.25, 0.3) is 0 Å². The van der Waals surface area contributed by atoms with Crippen molar-refractivity contribution in [1.82, 2.24) is 9.80 Å². The third-order valence-corrected chi connectivity index (χ3v) is 8.14. The van der Waals surface area contributed by atoms with Crippen LogP contribution in [0.15, 0.2) is 41.8 Å². The van der Waals surface area contributed by atoms with Gasteiger partial charge in [0, 0.05) is 37.0 Å². The highest BCUT2D eigenvalue weighted by atomic mass is 32.1. The van der Waals surface area contributed by atoms with Crippen molar-refractivity contribution in [3.8, 4) is 24.0 Å². The van der Waals surface area contributed by atoms with Crippen LogP contribution in [0.1, 0.15) is 50.0 Å². The number of hydrogen-bond acceptors (Lipinski definition) is 7. The minimum absolute atomic E-state index is 0.273. The molecule has 1 aliphatic rings. The summed E-state index contributed by atoms with van der Waals surface area (Å²) in [4.78, 5) is 6.06. The van der Waals surface area contributed by atoms with Gasteiger partial charge >= 0.3 is 0 Å². The van der Waals surface area contributed by atoms with E-state index in [1.54, 1.807) is 23.5 Å². The molecule has 0 radical (unpaired) electrons. The van der Waals surface area contributed by atoms with Gasteiger partial charge in [-0.25, -0.2) is 0 Å². The Kier molecular flexibility index (Phi) is 10.1. The Morgan fingerprint density at radius 1 is 1.17 bits per heavy atom. The van der Waals surface area contributed by atoms with E-state index in [1.165, 1.54) is 4.88 Å². The van der Waals surface area contributed by atoms with Crippen LogP contribution in [0, 0.1) is 39.9 Å². The van der Waals surface area contributed by atoms with Gasteiger partial charge in [0.1, 0.15) is 12.4 Å². The Hall–Kier alpha value is -2.89. The van der Waals surface area contributed by atoms with E-state index in [2.05, 4.69) is 53.3 Å². The highest BCUT2D eigenvalue weighted by Gasteiger charge is 2.37. The first kappa shape index (κ1) is 26.7. The monoisotopic (exact) mass is 489 g/mol. The lowest BCUT2D eigenvalue weighted by Crippen LogP contribution is -2.41. The van der Waals surface area contributed by atoms with Gasteiger partial charge in [-0.1, -0.05) is 19.9 Å². The van der Waals surface area contributed by atoms with Gasteiger partial charge in [-0.3, -0.25) is 4.90 Å². The maximum Gasteiger partial charge on any atom is 0.119 e. The largest absolute Gasteiger partial charge is 0.492 e. The van der Waals surface area contributed by atoms with Crippen molar-refractivity contribution in [1.29, 1.82) is 15.8 Å². The molecule has 2 heterocycles. The van der Waals surface area contributed by atoms with Crippen LogP contribution in [0.5, 0.6) is 5.75 Å². The molecule has 0 spiro atoms. The lowest BCUT2D eigenvalue weighted by Gasteiger charge is -2.31. The van der Waals surface area contributed by atoms with Crippen LogP contribution in [0.2, 0.25) is 0 Å². The van der Waals surface area contributed by atoms with E-state index in [4.69, 9.17) is 15.3 Å². The van der Waals surface area contributed by atoms with E-state index >= 15 is 0 Å². The number of thiophene rings is 1. The van der Waals surface area contributed by atoms with Crippen LogP contribution in [-0.2, 0) is 5.41 Å². The van der Waals surface area contributed by atoms with Crippen LogP contribution >= 0.6 is 11.3 Å². The molecule has 0 aliphatic carbocycles. The van der Waals surface area contributed by atoms with Gasteiger partial charge in [-0.15, -0.1) is 11.3 Å². The quantitative estimate of drug-likeness (QED) is 0.385. The lowest BCUT2D eigenvalue weighted by atomic mass is 9.73. The molecule has 1 aliphatic heterocycles. The van der Waals surface area contributed by atoms with E-state index in [1.807, 2.05) is 18.2 Å². The minimum atomic E-state index is -0.408. The third-order valence-electron chi connectivity index (χ3n) is 7.10. The zero-order valence-corrected chi connectivity index (χ0v) is 21.6. The smallest absolute Gasteiger partial charge is 0.119 e. The topological polar surface area (TPSA) is 87.1 Å². The molecular formula is C28H35N5OS. The lowest BCUT2D eigenvalue weighted by molar-refractivity contribution is 0.160. The van der Waals surface area contributed by atoms with Crippen molar-refractivity contribution in [3.63, 3.8) is 0 Å². The van der Waals surface area contributed by atoms with Gasteiger partial charge in [0.2, 0.25) is 0 Å². The van der Waals surface area contributed by atoms with Crippen molar-refractivity contribution in [3.05, 3.63) is 52.2 Å². The Morgan fingerprint density at radius 2 is 1.97 bits per heavy atom. The normalized spacial score (nSPS) is 17.6. The van der Waals surface area contributed by atoms with Gasteiger partial charge in [0.05, 0.1) is 29.2 Å². The van der Waals surface area contributed by atoms with Gasteiger partial charge in [-0.05, 0) is 74.0 Å². The predicted molar refractivity (Wildman–Crippen MR) is 139 cm³/mol. The van der Waals surface area contributed by atoms with Gasteiger partial charge in [0.25, 0.3) is 0 Å². The first-order valence-corrected chi connectivity index (χ1v) is 13.3. The maximum atomic E-state index is 10.1. The summed E-state index contributed by atoms with van der Waals surface area (Å²) in [6.45, 7) is 9.40. The number of benzene rings is 1. The number of nitrogens with zero attached hydrogens (tertiary/aromatic N) is 5. The van der Waals surface area contributed by atoms with Crippen molar-refractivity contribution in [2.45, 2.75) is 51.0 Å². The second kappa shape index (κ2) is 13.3. The maximum absolute atomic E-state index is 10.1. The molecule has 0 saturated carbocycles. The summed E-state index contributed by atoms with van der Waals surface area (Å²) < 4.78 is 5.90. The molecule has 0 bridgehead atoms. The highest BCUT2D eigenvalue weighted by molar-refractivity contribution is 7.10. The molecule has 1 fully saturated rings. The summed E-state index contributed by atoms with van der Waals surface area (Å²) >= 11 is 1.69. The minimum Gasteiger partial charge on any atom is -0.492 e. The molecule has 1 aromatic heterocycles. The Bertz CT molecular complexity index is 1030. The molecule has 6 nitrogen and oxygen atoms in total. The first-order chi connectivity index (χ1) is 17.0. The zero-order valence-electron chi connectivity index (χ0n) is 20.8. The Morgan fingerprint density at radius 3 is 2.60 bits per heavy atom. The number of nitriles is 3. The molecule has 1 saturated heterocycles. The SMILES string of the molecule is CC(C)C(C#N)(CCCN1CCC(N(CCC#N)CCOc2ccc(C#N)cc2)C1)c1cccs1. The molecule has 2 atom stereocenters. The number of rotatable bonds is 13. The fourth-order valence-electron chi connectivity index (χ4n) is 4.94. The van der Waals surface area contributed by atoms with E-state index < -0.39 is 5.41 Å². The van der Waals surface area contributed by atoms with Crippen molar-refractivity contribution >= 4 is 11.3 Å².